The van der Waals surface area contributed by atoms with Gasteiger partial charge in [-0.05, 0) is 45.1 Å². The van der Waals surface area contributed by atoms with E-state index in [0.717, 1.165) is 32.2 Å². The van der Waals surface area contributed by atoms with Crippen LogP contribution < -0.4 is 5.32 Å². The highest BCUT2D eigenvalue weighted by Gasteiger charge is 2.19. The van der Waals surface area contributed by atoms with Crippen molar-refractivity contribution in [1.29, 1.82) is 0 Å². The first-order valence-electron chi connectivity index (χ1n) is 7.29. The molecule has 0 heterocycles. The zero-order valence-corrected chi connectivity index (χ0v) is 12.2. The summed E-state index contributed by atoms with van der Waals surface area (Å²) in [4.78, 5) is 0. The second-order valence-corrected chi connectivity index (χ2v) is 5.59. The number of hydrogen-bond donors (Lipinski definition) is 3. The molecule has 0 aromatic heterocycles. The zero-order chi connectivity index (χ0) is 14.1. The molecule has 0 aromatic carbocycles. The lowest BCUT2D eigenvalue weighted by molar-refractivity contribution is -0.0313. The molecule has 2 unspecified atom stereocenters. The number of aliphatic hydroxyl groups is 2. The van der Waals surface area contributed by atoms with Gasteiger partial charge in [-0.25, -0.2) is 0 Å². The Morgan fingerprint density at radius 1 is 1.21 bits per heavy atom. The molecule has 0 aliphatic heterocycles. The van der Waals surface area contributed by atoms with Crippen molar-refractivity contribution >= 4 is 0 Å². The van der Waals surface area contributed by atoms with Crippen molar-refractivity contribution in [3.8, 4) is 0 Å². The first kappa shape index (κ1) is 16.9. The van der Waals surface area contributed by atoms with Crippen LogP contribution in [-0.2, 0) is 9.47 Å². The molecule has 2 atom stereocenters. The Labute approximate surface area is 116 Å². The van der Waals surface area contributed by atoms with Crippen LogP contribution in [0.5, 0.6) is 0 Å². The lowest BCUT2D eigenvalue weighted by Crippen LogP contribution is -2.36. The number of hydrogen-bond acceptors (Lipinski definition) is 5. The lowest BCUT2D eigenvalue weighted by Gasteiger charge is -2.26. The van der Waals surface area contributed by atoms with Crippen LogP contribution in [0.15, 0.2) is 0 Å². The van der Waals surface area contributed by atoms with Gasteiger partial charge >= 0.3 is 0 Å². The Hall–Kier alpha value is -0.200. The van der Waals surface area contributed by atoms with Crippen molar-refractivity contribution in [3.05, 3.63) is 0 Å². The Bertz CT molecular complexity index is 219. The first-order valence-corrected chi connectivity index (χ1v) is 7.29. The summed E-state index contributed by atoms with van der Waals surface area (Å²) in [5, 5.41) is 22.5. The second kappa shape index (κ2) is 9.66. The zero-order valence-electron chi connectivity index (χ0n) is 12.2. The van der Waals surface area contributed by atoms with E-state index in [1.807, 2.05) is 6.92 Å². The minimum absolute atomic E-state index is 0.0134. The Morgan fingerprint density at radius 2 is 1.89 bits per heavy atom. The van der Waals surface area contributed by atoms with Gasteiger partial charge in [-0.2, -0.15) is 0 Å². The molecule has 0 aromatic rings. The van der Waals surface area contributed by atoms with E-state index in [0.29, 0.717) is 25.7 Å². The fraction of sp³-hybridized carbons (Fsp3) is 1.00. The van der Waals surface area contributed by atoms with Gasteiger partial charge < -0.3 is 25.0 Å². The predicted molar refractivity (Wildman–Crippen MR) is 74.1 cm³/mol. The molecule has 0 saturated heterocycles. The standard InChI is InChI=1S/C14H29NO4/c1-11(9-18-2)19-10-14(17)8-15-7-12-3-5-13(16)6-4-12/h11-17H,3-10H2,1-2H3. The number of aliphatic hydroxyl groups excluding tert-OH is 2. The van der Waals surface area contributed by atoms with Gasteiger partial charge in [0.1, 0.15) is 0 Å². The third kappa shape index (κ3) is 7.84. The number of methoxy groups -OCH3 is 1. The molecule has 5 nitrogen and oxygen atoms in total. The van der Waals surface area contributed by atoms with E-state index in [2.05, 4.69) is 5.32 Å². The molecule has 1 fully saturated rings. The monoisotopic (exact) mass is 275 g/mol. The van der Waals surface area contributed by atoms with Gasteiger partial charge in [0, 0.05) is 13.7 Å². The molecule has 1 saturated carbocycles. The van der Waals surface area contributed by atoms with Gasteiger partial charge in [0.2, 0.25) is 0 Å². The lowest BCUT2D eigenvalue weighted by atomic mass is 9.87. The van der Waals surface area contributed by atoms with Gasteiger partial charge in [0.15, 0.2) is 0 Å². The van der Waals surface area contributed by atoms with Gasteiger partial charge in [-0.3, -0.25) is 0 Å². The molecule has 0 bridgehead atoms. The van der Waals surface area contributed by atoms with E-state index in [4.69, 9.17) is 9.47 Å². The maximum Gasteiger partial charge on any atom is 0.0897 e. The average molecular weight is 275 g/mol. The van der Waals surface area contributed by atoms with Crippen LogP contribution >= 0.6 is 0 Å². The predicted octanol–water partition coefficient (Wildman–Crippen LogP) is 0.540. The molecule has 0 spiro atoms. The molecule has 1 aliphatic rings. The maximum atomic E-state index is 9.77. The minimum Gasteiger partial charge on any atom is -0.393 e. The third-order valence-electron chi connectivity index (χ3n) is 3.60. The SMILES string of the molecule is COCC(C)OCC(O)CNCC1CCC(O)CC1. The van der Waals surface area contributed by atoms with E-state index < -0.39 is 6.10 Å². The average Bonchev–Trinajstić information content (AvgIpc) is 2.39. The smallest absolute Gasteiger partial charge is 0.0897 e. The summed E-state index contributed by atoms with van der Waals surface area (Å²) in [5.41, 5.74) is 0. The van der Waals surface area contributed by atoms with Crippen LogP contribution in [0.25, 0.3) is 0 Å². The largest absolute Gasteiger partial charge is 0.393 e. The van der Waals surface area contributed by atoms with Crippen LogP contribution in [0.2, 0.25) is 0 Å². The quantitative estimate of drug-likeness (QED) is 0.573. The number of nitrogens with one attached hydrogen (secondary N) is 1. The molecule has 19 heavy (non-hydrogen) atoms. The van der Waals surface area contributed by atoms with Crippen LogP contribution in [0.1, 0.15) is 32.6 Å². The molecular formula is C14H29NO4. The molecule has 1 aliphatic carbocycles. The molecule has 0 radical (unpaired) electrons. The van der Waals surface area contributed by atoms with E-state index in [-0.39, 0.29) is 12.2 Å². The fourth-order valence-electron chi connectivity index (χ4n) is 2.42. The Kier molecular flexibility index (Phi) is 8.57. The highest BCUT2D eigenvalue weighted by Crippen LogP contribution is 2.23. The summed E-state index contributed by atoms with van der Waals surface area (Å²) in [5.74, 6) is 0.629. The number of rotatable bonds is 9. The van der Waals surface area contributed by atoms with Crippen molar-refractivity contribution in [2.45, 2.75) is 50.9 Å². The Balaban J connectivity index is 1.99. The van der Waals surface area contributed by atoms with E-state index in [1.165, 1.54) is 0 Å². The van der Waals surface area contributed by atoms with Crippen molar-refractivity contribution in [3.63, 3.8) is 0 Å². The number of ether oxygens (including phenoxy) is 2. The summed E-state index contributed by atoms with van der Waals surface area (Å²) in [6, 6.07) is 0. The normalized spacial score (nSPS) is 27.2. The summed E-state index contributed by atoms with van der Waals surface area (Å²) in [7, 11) is 1.64. The van der Waals surface area contributed by atoms with Crippen LogP contribution in [0.4, 0.5) is 0 Å². The molecular weight excluding hydrogens is 246 g/mol. The summed E-state index contributed by atoms with van der Waals surface area (Å²) in [6.07, 6.45) is 3.40. The van der Waals surface area contributed by atoms with E-state index in [1.54, 1.807) is 7.11 Å². The first-order chi connectivity index (χ1) is 9.11. The molecule has 5 heteroatoms. The third-order valence-corrected chi connectivity index (χ3v) is 3.60. The fourth-order valence-corrected chi connectivity index (χ4v) is 2.42. The van der Waals surface area contributed by atoms with Gasteiger partial charge in [0.25, 0.3) is 0 Å². The summed E-state index contributed by atoms with van der Waals surface area (Å²) in [6.45, 7) is 4.28. The molecule has 1 rings (SSSR count). The van der Waals surface area contributed by atoms with Gasteiger partial charge in [-0.1, -0.05) is 0 Å². The van der Waals surface area contributed by atoms with Gasteiger partial charge in [-0.15, -0.1) is 0 Å². The Morgan fingerprint density at radius 3 is 2.53 bits per heavy atom. The topological polar surface area (TPSA) is 71.0 Å². The van der Waals surface area contributed by atoms with Crippen molar-refractivity contribution in [2.24, 2.45) is 5.92 Å². The van der Waals surface area contributed by atoms with Crippen molar-refractivity contribution in [1.82, 2.24) is 5.32 Å². The maximum absolute atomic E-state index is 9.77. The van der Waals surface area contributed by atoms with Gasteiger partial charge in [0.05, 0.1) is 31.5 Å². The molecule has 3 N–H and O–H groups in total. The minimum atomic E-state index is -0.478. The van der Waals surface area contributed by atoms with E-state index >= 15 is 0 Å². The highest BCUT2D eigenvalue weighted by atomic mass is 16.5. The van der Waals surface area contributed by atoms with Crippen LogP contribution in [0, 0.1) is 5.92 Å². The van der Waals surface area contributed by atoms with Crippen molar-refractivity contribution < 1.29 is 19.7 Å². The van der Waals surface area contributed by atoms with Crippen LogP contribution in [-0.4, -0.2) is 61.9 Å². The molecule has 114 valence electrons. The highest BCUT2D eigenvalue weighted by molar-refractivity contribution is 4.73. The summed E-state index contributed by atoms with van der Waals surface area (Å²) < 4.78 is 10.4. The molecule has 0 amide bonds. The second-order valence-electron chi connectivity index (χ2n) is 5.59. The summed E-state index contributed by atoms with van der Waals surface area (Å²) >= 11 is 0. The van der Waals surface area contributed by atoms with Crippen LogP contribution in [0.3, 0.4) is 0 Å². The van der Waals surface area contributed by atoms with E-state index in [9.17, 15) is 10.2 Å². The van der Waals surface area contributed by atoms with Crippen molar-refractivity contribution in [2.75, 3.05) is 33.4 Å².